The summed E-state index contributed by atoms with van der Waals surface area (Å²) in [5.74, 6) is -0.259. The molecule has 1 N–H and O–H groups in total. The van der Waals surface area contributed by atoms with Crippen molar-refractivity contribution in [1.82, 2.24) is 4.98 Å². The van der Waals surface area contributed by atoms with Crippen LogP contribution in [-0.2, 0) is 0 Å². The molecule has 4 heteroatoms. The summed E-state index contributed by atoms with van der Waals surface area (Å²) in [6, 6.07) is 10.4. The molecule has 1 aromatic carbocycles. The zero-order chi connectivity index (χ0) is 14.7. The fraction of sp³-hybridized carbons (Fsp3) is 0.188. The Labute approximate surface area is 117 Å². The Hall–Kier alpha value is -2.49. The van der Waals surface area contributed by atoms with Gasteiger partial charge in [0.05, 0.1) is 11.3 Å². The Bertz CT molecular complexity index is 678. The lowest BCUT2D eigenvalue weighted by Crippen LogP contribution is -2.14. The van der Waals surface area contributed by atoms with Gasteiger partial charge in [-0.15, -0.1) is 0 Å². The zero-order valence-corrected chi connectivity index (χ0v) is 11.7. The number of Topliss-reactive ketones (excluding diaryl/α,β-unsaturated/α-hetero) is 1. The van der Waals surface area contributed by atoms with E-state index in [1.54, 1.807) is 43.3 Å². The number of ketones is 1. The number of hydrogen-bond acceptors (Lipinski definition) is 3. The summed E-state index contributed by atoms with van der Waals surface area (Å²) in [5.41, 5.74) is 3.26. The minimum Gasteiger partial charge on any atom is -0.322 e. The highest BCUT2D eigenvalue weighted by molar-refractivity contribution is 6.05. The molecule has 4 nitrogen and oxygen atoms in total. The van der Waals surface area contributed by atoms with Crippen LogP contribution in [0.25, 0.3) is 0 Å². The summed E-state index contributed by atoms with van der Waals surface area (Å²) in [6.07, 6.45) is 0. The number of benzene rings is 1. The first-order valence-electron chi connectivity index (χ1n) is 6.34. The SMILES string of the molecule is CC(=O)c1cccc(NC(=O)c2ccc(C)nc2C)c1. The molecule has 0 radical (unpaired) electrons. The van der Waals surface area contributed by atoms with E-state index in [1.165, 1.54) is 6.92 Å². The summed E-state index contributed by atoms with van der Waals surface area (Å²) in [7, 11) is 0. The van der Waals surface area contributed by atoms with Gasteiger partial charge in [0.25, 0.3) is 5.91 Å². The third-order valence-corrected chi connectivity index (χ3v) is 3.00. The van der Waals surface area contributed by atoms with Crippen LogP contribution in [0, 0.1) is 13.8 Å². The fourth-order valence-electron chi connectivity index (χ4n) is 1.94. The molecule has 0 aliphatic rings. The largest absolute Gasteiger partial charge is 0.322 e. The van der Waals surface area contributed by atoms with E-state index in [9.17, 15) is 9.59 Å². The minimum atomic E-state index is -0.226. The maximum atomic E-state index is 12.2. The van der Waals surface area contributed by atoms with Gasteiger partial charge in [-0.1, -0.05) is 12.1 Å². The number of aryl methyl sites for hydroxylation is 2. The first-order chi connectivity index (χ1) is 9.47. The number of anilines is 1. The predicted molar refractivity (Wildman–Crippen MR) is 78.1 cm³/mol. The van der Waals surface area contributed by atoms with Crippen LogP contribution in [0.2, 0.25) is 0 Å². The third kappa shape index (κ3) is 3.09. The summed E-state index contributed by atoms with van der Waals surface area (Å²) >= 11 is 0. The topological polar surface area (TPSA) is 59.1 Å². The van der Waals surface area contributed by atoms with Crippen molar-refractivity contribution in [2.24, 2.45) is 0 Å². The quantitative estimate of drug-likeness (QED) is 0.870. The minimum absolute atomic E-state index is 0.0331. The molecule has 1 amide bonds. The van der Waals surface area contributed by atoms with Gasteiger partial charge < -0.3 is 5.32 Å². The van der Waals surface area contributed by atoms with Gasteiger partial charge in [0.2, 0.25) is 0 Å². The van der Waals surface area contributed by atoms with Gasteiger partial charge in [0.15, 0.2) is 5.78 Å². The fourth-order valence-corrected chi connectivity index (χ4v) is 1.94. The Morgan fingerprint density at radius 3 is 2.50 bits per heavy atom. The summed E-state index contributed by atoms with van der Waals surface area (Å²) in [4.78, 5) is 27.8. The van der Waals surface area contributed by atoms with E-state index < -0.39 is 0 Å². The van der Waals surface area contributed by atoms with Crippen molar-refractivity contribution in [3.8, 4) is 0 Å². The van der Waals surface area contributed by atoms with E-state index in [0.717, 1.165) is 5.69 Å². The third-order valence-electron chi connectivity index (χ3n) is 3.00. The molecule has 0 saturated carbocycles. The maximum absolute atomic E-state index is 12.2. The van der Waals surface area contributed by atoms with Gasteiger partial charge in [-0.3, -0.25) is 14.6 Å². The maximum Gasteiger partial charge on any atom is 0.257 e. The molecular formula is C16H16N2O2. The van der Waals surface area contributed by atoms with Crippen LogP contribution in [0.5, 0.6) is 0 Å². The lowest BCUT2D eigenvalue weighted by molar-refractivity contribution is 0.101. The van der Waals surface area contributed by atoms with Gasteiger partial charge in [0, 0.05) is 16.9 Å². The van der Waals surface area contributed by atoms with E-state index in [0.29, 0.717) is 22.5 Å². The van der Waals surface area contributed by atoms with E-state index in [2.05, 4.69) is 10.3 Å². The van der Waals surface area contributed by atoms with Gasteiger partial charge in [-0.25, -0.2) is 0 Å². The molecule has 0 saturated heterocycles. The molecule has 0 bridgehead atoms. The number of carbonyl (C=O) groups is 2. The van der Waals surface area contributed by atoms with Crippen LogP contribution in [0.3, 0.4) is 0 Å². The van der Waals surface area contributed by atoms with Crippen LogP contribution in [0.15, 0.2) is 36.4 Å². The smallest absolute Gasteiger partial charge is 0.257 e. The second-order valence-electron chi connectivity index (χ2n) is 4.68. The van der Waals surface area contributed by atoms with Crippen LogP contribution in [-0.4, -0.2) is 16.7 Å². The summed E-state index contributed by atoms with van der Waals surface area (Å²) in [5, 5.41) is 2.78. The van der Waals surface area contributed by atoms with Crippen molar-refractivity contribution in [1.29, 1.82) is 0 Å². The van der Waals surface area contributed by atoms with Crippen LogP contribution < -0.4 is 5.32 Å². The number of rotatable bonds is 3. The van der Waals surface area contributed by atoms with Crippen LogP contribution in [0.1, 0.15) is 39.0 Å². The molecule has 1 heterocycles. The van der Waals surface area contributed by atoms with Crippen LogP contribution in [0.4, 0.5) is 5.69 Å². The van der Waals surface area contributed by atoms with E-state index in [1.807, 2.05) is 6.92 Å². The Balaban J connectivity index is 2.23. The van der Waals surface area contributed by atoms with Gasteiger partial charge >= 0.3 is 0 Å². The lowest BCUT2D eigenvalue weighted by Gasteiger charge is -2.08. The van der Waals surface area contributed by atoms with E-state index in [-0.39, 0.29) is 11.7 Å². The molecule has 0 aliphatic carbocycles. The van der Waals surface area contributed by atoms with Gasteiger partial charge in [-0.05, 0) is 45.0 Å². The highest BCUT2D eigenvalue weighted by Crippen LogP contribution is 2.14. The Morgan fingerprint density at radius 1 is 1.10 bits per heavy atom. The molecule has 0 atom stereocenters. The van der Waals surface area contributed by atoms with Crippen molar-refractivity contribution < 1.29 is 9.59 Å². The number of aromatic nitrogens is 1. The van der Waals surface area contributed by atoms with Crippen LogP contribution >= 0.6 is 0 Å². The lowest BCUT2D eigenvalue weighted by atomic mass is 10.1. The highest BCUT2D eigenvalue weighted by Gasteiger charge is 2.11. The number of hydrogen-bond donors (Lipinski definition) is 1. The van der Waals surface area contributed by atoms with Crippen molar-refractivity contribution >= 4 is 17.4 Å². The summed E-state index contributed by atoms with van der Waals surface area (Å²) < 4.78 is 0. The number of pyridine rings is 1. The van der Waals surface area contributed by atoms with Gasteiger partial charge in [0.1, 0.15) is 0 Å². The molecule has 1 aromatic heterocycles. The molecule has 0 aliphatic heterocycles. The zero-order valence-electron chi connectivity index (χ0n) is 11.7. The summed E-state index contributed by atoms with van der Waals surface area (Å²) in [6.45, 7) is 5.17. The Kier molecular flexibility index (Phi) is 3.94. The second-order valence-corrected chi connectivity index (χ2v) is 4.68. The normalized spacial score (nSPS) is 10.2. The number of carbonyl (C=O) groups excluding carboxylic acids is 2. The first kappa shape index (κ1) is 13.9. The van der Waals surface area contributed by atoms with E-state index >= 15 is 0 Å². The molecule has 0 fully saturated rings. The molecule has 0 unspecified atom stereocenters. The van der Waals surface area contributed by atoms with Crippen molar-refractivity contribution in [2.45, 2.75) is 20.8 Å². The molecule has 0 spiro atoms. The predicted octanol–water partition coefficient (Wildman–Crippen LogP) is 3.15. The van der Waals surface area contributed by atoms with Crippen molar-refractivity contribution in [3.05, 3.63) is 58.9 Å². The van der Waals surface area contributed by atoms with Gasteiger partial charge in [-0.2, -0.15) is 0 Å². The standard InChI is InChI=1S/C16H16N2O2/c1-10-7-8-15(11(2)17-10)16(20)18-14-6-4-5-13(9-14)12(3)19/h4-9H,1-3H3,(H,18,20). The molecular weight excluding hydrogens is 252 g/mol. The first-order valence-corrected chi connectivity index (χ1v) is 6.34. The van der Waals surface area contributed by atoms with Crippen molar-refractivity contribution in [2.75, 3.05) is 5.32 Å². The second kappa shape index (κ2) is 5.65. The molecule has 102 valence electrons. The number of amides is 1. The average molecular weight is 268 g/mol. The van der Waals surface area contributed by atoms with E-state index in [4.69, 9.17) is 0 Å². The molecule has 2 rings (SSSR count). The number of nitrogens with one attached hydrogen (secondary N) is 1. The van der Waals surface area contributed by atoms with Crippen molar-refractivity contribution in [3.63, 3.8) is 0 Å². The molecule has 20 heavy (non-hydrogen) atoms. The number of nitrogens with zero attached hydrogens (tertiary/aromatic N) is 1. The molecule has 2 aromatic rings. The average Bonchev–Trinajstić information content (AvgIpc) is 2.38. The highest BCUT2D eigenvalue weighted by atomic mass is 16.1. The monoisotopic (exact) mass is 268 g/mol. The Morgan fingerprint density at radius 2 is 1.85 bits per heavy atom.